The Kier molecular flexibility index (Phi) is 9.95. The first-order chi connectivity index (χ1) is 16.4. The van der Waals surface area contributed by atoms with Gasteiger partial charge in [0.1, 0.15) is 36.0 Å². The molecule has 9 heteroatoms. The highest BCUT2D eigenvalue weighted by molar-refractivity contribution is 5.69. The standard InChI is InChI=1S/C25H36F2N4O3/c1-2-3-4-5-6-7-8-24(32)34-21-11-13-30(14-12-21)16-25(33,17-31-19-28-18-29-31)22-10-9-20(26)15-23(22)27/h9-10,15,18-19,21,33H,2-8,11-14,16-17H2,1H3. The van der Waals surface area contributed by atoms with Gasteiger partial charge in [-0.05, 0) is 25.3 Å². The van der Waals surface area contributed by atoms with Crippen LogP contribution in [0.2, 0.25) is 0 Å². The van der Waals surface area contributed by atoms with Crippen molar-refractivity contribution in [3.63, 3.8) is 0 Å². The fourth-order valence-electron chi connectivity index (χ4n) is 4.52. The van der Waals surface area contributed by atoms with Gasteiger partial charge in [-0.15, -0.1) is 0 Å². The second-order valence-corrected chi connectivity index (χ2v) is 9.23. The predicted molar refractivity (Wildman–Crippen MR) is 124 cm³/mol. The van der Waals surface area contributed by atoms with Gasteiger partial charge in [0.15, 0.2) is 0 Å². The third-order valence-electron chi connectivity index (χ3n) is 6.37. The molecule has 1 atom stereocenters. The summed E-state index contributed by atoms with van der Waals surface area (Å²) in [5, 5.41) is 15.5. The van der Waals surface area contributed by atoms with E-state index in [1.54, 1.807) is 0 Å². The quantitative estimate of drug-likeness (QED) is 0.343. The Bertz CT molecular complexity index is 888. The average molecular weight is 479 g/mol. The highest BCUT2D eigenvalue weighted by Crippen LogP contribution is 2.29. The van der Waals surface area contributed by atoms with E-state index in [2.05, 4.69) is 17.0 Å². The lowest BCUT2D eigenvalue weighted by atomic mass is 9.91. The van der Waals surface area contributed by atoms with Crippen LogP contribution < -0.4 is 0 Å². The fourth-order valence-corrected chi connectivity index (χ4v) is 4.52. The van der Waals surface area contributed by atoms with Gasteiger partial charge in [0.05, 0.1) is 6.54 Å². The molecule has 1 N–H and O–H groups in total. The van der Waals surface area contributed by atoms with E-state index in [-0.39, 0.29) is 30.7 Å². The molecule has 1 saturated heterocycles. The van der Waals surface area contributed by atoms with Gasteiger partial charge in [0, 0.05) is 37.7 Å². The molecule has 7 nitrogen and oxygen atoms in total. The van der Waals surface area contributed by atoms with Crippen LogP contribution in [0.5, 0.6) is 0 Å². The van der Waals surface area contributed by atoms with Crippen LogP contribution >= 0.6 is 0 Å². The summed E-state index contributed by atoms with van der Waals surface area (Å²) in [6.45, 7) is 3.48. The Labute approximate surface area is 200 Å². The lowest BCUT2D eigenvalue weighted by Gasteiger charge is -2.38. The normalized spacial score (nSPS) is 16.9. The molecule has 0 radical (unpaired) electrons. The number of carbonyl (C=O) groups is 1. The molecule has 0 bridgehead atoms. The summed E-state index contributed by atoms with van der Waals surface area (Å²) in [4.78, 5) is 18.1. The average Bonchev–Trinajstić information content (AvgIpc) is 3.30. The van der Waals surface area contributed by atoms with Crippen LogP contribution in [-0.2, 0) is 21.7 Å². The maximum absolute atomic E-state index is 14.6. The first-order valence-corrected chi connectivity index (χ1v) is 12.3. The molecule has 1 aromatic heterocycles. The summed E-state index contributed by atoms with van der Waals surface area (Å²) in [6, 6.07) is 3.19. The van der Waals surface area contributed by atoms with E-state index in [1.165, 1.54) is 42.7 Å². The van der Waals surface area contributed by atoms with Crippen molar-refractivity contribution in [2.75, 3.05) is 19.6 Å². The Morgan fingerprint density at radius 2 is 1.88 bits per heavy atom. The molecule has 1 fully saturated rings. The lowest BCUT2D eigenvalue weighted by molar-refractivity contribution is -0.152. The minimum Gasteiger partial charge on any atom is -0.462 e. The van der Waals surface area contributed by atoms with Crippen LogP contribution in [-0.4, -0.2) is 56.5 Å². The Balaban J connectivity index is 1.51. The number of nitrogens with zero attached hydrogens (tertiary/aromatic N) is 4. The first-order valence-electron chi connectivity index (χ1n) is 12.3. The maximum atomic E-state index is 14.6. The Hall–Kier alpha value is -2.39. The number of ether oxygens (including phenoxy) is 1. The molecule has 2 aromatic rings. The zero-order valence-electron chi connectivity index (χ0n) is 20.0. The van der Waals surface area contributed by atoms with Crippen molar-refractivity contribution in [1.29, 1.82) is 0 Å². The summed E-state index contributed by atoms with van der Waals surface area (Å²) in [5.74, 6) is -1.65. The number of hydrogen-bond acceptors (Lipinski definition) is 6. The van der Waals surface area contributed by atoms with Gasteiger partial charge < -0.3 is 9.84 Å². The minimum absolute atomic E-state index is 0.0110. The van der Waals surface area contributed by atoms with E-state index in [4.69, 9.17) is 4.74 Å². The highest BCUT2D eigenvalue weighted by Gasteiger charge is 2.37. The van der Waals surface area contributed by atoms with Gasteiger partial charge in [-0.3, -0.25) is 9.69 Å². The SMILES string of the molecule is CCCCCCCCC(=O)OC1CCN(CC(O)(Cn2cncn2)c2ccc(F)cc2F)CC1. The number of hydrogen-bond donors (Lipinski definition) is 1. The molecular weight excluding hydrogens is 442 g/mol. The van der Waals surface area contributed by atoms with E-state index in [0.717, 1.165) is 31.4 Å². The van der Waals surface area contributed by atoms with Crippen molar-refractivity contribution >= 4 is 5.97 Å². The molecule has 0 amide bonds. The first kappa shape index (κ1) is 26.2. The van der Waals surface area contributed by atoms with Gasteiger partial charge >= 0.3 is 5.97 Å². The smallest absolute Gasteiger partial charge is 0.306 e. The highest BCUT2D eigenvalue weighted by atomic mass is 19.1. The molecular formula is C25H36F2N4O3. The fraction of sp³-hybridized carbons (Fsp3) is 0.640. The zero-order valence-corrected chi connectivity index (χ0v) is 20.0. The van der Waals surface area contributed by atoms with Crippen molar-refractivity contribution in [2.24, 2.45) is 0 Å². The van der Waals surface area contributed by atoms with Crippen molar-refractivity contribution in [1.82, 2.24) is 19.7 Å². The van der Waals surface area contributed by atoms with Crippen LogP contribution in [0.1, 0.15) is 70.3 Å². The molecule has 3 rings (SSSR count). The van der Waals surface area contributed by atoms with E-state index in [0.29, 0.717) is 32.4 Å². The second kappa shape index (κ2) is 12.9. The number of β-amino-alcohol motifs (C(OH)–C–C–N with tert-alkyl or cyclic N) is 1. The maximum Gasteiger partial charge on any atom is 0.306 e. The van der Waals surface area contributed by atoms with Crippen molar-refractivity contribution in [3.8, 4) is 0 Å². The Morgan fingerprint density at radius 3 is 2.56 bits per heavy atom. The van der Waals surface area contributed by atoms with Crippen LogP contribution in [0.25, 0.3) is 0 Å². The topological polar surface area (TPSA) is 80.5 Å². The zero-order chi connectivity index (χ0) is 24.4. The number of aliphatic hydroxyl groups is 1. The number of piperidine rings is 1. The number of aromatic nitrogens is 3. The number of likely N-dealkylation sites (tertiary alicyclic amines) is 1. The van der Waals surface area contributed by atoms with Gasteiger partial charge in [0.25, 0.3) is 0 Å². The summed E-state index contributed by atoms with van der Waals surface area (Å²) < 4.78 is 35.1. The lowest BCUT2D eigenvalue weighted by Crippen LogP contribution is -2.48. The summed E-state index contributed by atoms with van der Waals surface area (Å²) in [5.41, 5.74) is -1.62. The molecule has 2 heterocycles. The van der Waals surface area contributed by atoms with Crippen LogP contribution in [0.15, 0.2) is 30.9 Å². The molecule has 0 spiro atoms. The molecule has 34 heavy (non-hydrogen) atoms. The Morgan fingerprint density at radius 1 is 1.15 bits per heavy atom. The van der Waals surface area contributed by atoms with Crippen LogP contribution in [0.3, 0.4) is 0 Å². The van der Waals surface area contributed by atoms with Crippen molar-refractivity contribution < 1.29 is 23.4 Å². The number of rotatable bonds is 13. The number of esters is 1. The monoisotopic (exact) mass is 478 g/mol. The van der Waals surface area contributed by atoms with E-state index >= 15 is 0 Å². The molecule has 1 aromatic carbocycles. The number of unbranched alkanes of at least 4 members (excludes halogenated alkanes) is 5. The van der Waals surface area contributed by atoms with E-state index in [9.17, 15) is 18.7 Å². The van der Waals surface area contributed by atoms with Crippen molar-refractivity contribution in [2.45, 2.75) is 83.0 Å². The molecule has 1 unspecified atom stereocenters. The number of carbonyl (C=O) groups excluding carboxylic acids is 1. The van der Waals surface area contributed by atoms with Crippen LogP contribution in [0.4, 0.5) is 8.78 Å². The predicted octanol–water partition coefficient (Wildman–Crippen LogP) is 4.20. The molecule has 188 valence electrons. The van der Waals surface area contributed by atoms with E-state index < -0.39 is 17.2 Å². The van der Waals surface area contributed by atoms with Gasteiger partial charge in [-0.2, -0.15) is 5.10 Å². The minimum atomic E-state index is -1.63. The largest absolute Gasteiger partial charge is 0.462 e. The molecule has 1 aliphatic rings. The molecule has 1 aliphatic heterocycles. The summed E-state index contributed by atoms with van der Waals surface area (Å²) in [6.07, 6.45) is 11.1. The van der Waals surface area contributed by atoms with Gasteiger partial charge in [-0.1, -0.05) is 45.1 Å². The second-order valence-electron chi connectivity index (χ2n) is 9.23. The van der Waals surface area contributed by atoms with Gasteiger partial charge in [-0.25, -0.2) is 18.4 Å². The third kappa shape index (κ3) is 7.84. The van der Waals surface area contributed by atoms with Gasteiger partial charge in [0.2, 0.25) is 0 Å². The van der Waals surface area contributed by atoms with Crippen molar-refractivity contribution in [3.05, 3.63) is 48.1 Å². The number of benzene rings is 1. The van der Waals surface area contributed by atoms with E-state index in [1.807, 2.05) is 4.90 Å². The number of halogens is 2. The summed E-state index contributed by atoms with van der Waals surface area (Å²) in [7, 11) is 0. The molecule has 0 saturated carbocycles. The third-order valence-corrected chi connectivity index (χ3v) is 6.37. The van der Waals surface area contributed by atoms with Crippen LogP contribution in [0, 0.1) is 11.6 Å². The molecule has 0 aliphatic carbocycles. The summed E-state index contributed by atoms with van der Waals surface area (Å²) >= 11 is 0.